The highest BCUT2D eigenvalue weighted by Crippen LogP contribution is 2.31. The molecule has 1 heterocycles. The van der Waals surface area contributed by atoms with Crippen molar-refractivity contribution in [3.8, 4) is 6.07 Å². The van der Waals surface area contributed by atoms with E-state index in [9.17, 15) is 5.26 Å². The number of fused-ring (bicyclic) bond motifs is 1. The summed E-state index contributed by atoms with van der Waals surface area (Å²) >= 11 is 6.00. The fraction of sp³-hybridized carbons (Fsp3) is 0.200. The van der Waals surface area contributed by atoms with Crippen molar-refractivity contribution < 1.29 is 0 Å². The fourth-order valence-electron chi connectivity index (χ4n) is 2.44. The Bertz CT molecular complexity index is 610. The molecule has 0 spiro atoms. The second kappa shape index (κ2) is 4.91. The van der Waals surface area contributed by atoms with E-state index in [-0.39, 0.29) is 12.0 Å². The van der Waals surface area contributed by atoms with Crippen molar-refractivity contribution in [1.29, 1.82) is 5.26 Å². The van der Waals surface area contributed by atoms with Gasteiger partial charge in [0.25, 0.3) is 0 Å². The summed E-state index contributed by atoms with van der Waals surface area (Å²) in [5, 5.41) is 16.2. The number of hydrazone groups is 1. The van der Waals surface area contributed by atoms with Gasteiger partial charge in [0, 0.05) is 5.03 Å². The average Bonchev–Trinajstić information content (AvgIpc) is 2.77. The minimum Gasteiger partial charge on any atom is -0.284 e. The third kappa shape index (κ3) is 2.27. The number of hydrogen-bond acceptors (Lipinski definition) is 3. The molecule has 2 aliphatic rings. The fourth-order valence-corrected chi connectivity index (χ4v) is 2.65. The van der Waals surface area contributed by atoms with Gasteiger partial charge in [0.1, 0.15) is 11.8 Å². The van der Waals surface area contributed by atoms with Gasteiger partial charge in [-0.3, -0.25) is 5.01 Å². The van der Waals surface area contributed by atoms with Crippen LogP contribution in [0.1, 0.15) is 5.56 Å². The Morgan fingerprint density at radius 1 is 1.32 bits per heavy atom. The van der Waals surface area contributed by atoms with E-state index in [1.807, 2.05) is 41.4 Å². The Morgan fingerprint density at radius 2 is 2.11 bits per heavy atom. The van der Waals surface area contributed by atoms with E-state index in [1.165, 1.54) is 5.56 Å². The van der Waals surface area contributed by atoms with Crippen molar-refractivity contribution in [2.24, 2.45) is 11.0 Å². The molecule has 2 unspecified atom stereocenters. The molecule has 0 N–H and O–H groups in total. The molecule has 0 amide bonds. The summed E-state index contributed by atoms with van der Waals surface area (Å²) in [6.45, 7) is 0.697. The maximum absolute atomic E-state index is 9.17. The van der Waals surface area contributed by atoms with Gasteiger partial charge in [-0.05, 0) is 11.6 Å². The lowest BCUT2D eigenvalue weighted by atomic mass is 9.92. The van der Waals surface area contributed by atoms with Crippen molar-refractivity contribution in [3.63, 3.8) is 0 Å². The molecule has 0 saturated heterocycles. The highest BCUT2D eigenvalue weighted by atomic mass is 35.5. The van der Waals surface area contributed by atoms with Crippen LogP contribution < -0.4 is 0 Å². The van der Waals surface area contributed by atoms with Gasteiger partial charge in [-0.15, -0.1) is 0 Å². The maximum Gasteiger partial charge on any atom is 0.147 e. The van der Waals surface area contributed by atoms with Gasteiger partial charge in [-0.25, -0.2) is 0 Å². The maximum atomic E-state index is 9.17. The van der Waals surface area contributed by atoms with E-state index >= 15 is 0 Å². The molecule has 3 nitrogen and oxygen atoms in total. The summed E-state index contributed by atoms with van der Waals surface area (Å²) in [7, 11) is 0. The molecule has 19 heavy (non-hydrogen) atoms. The van der Waals surface area contributed by atoms with Crippen LogP contribution in [0.15, 0.2) is 58.7 Å². The predicted molar refractivity (Wildman–Crippen MR) is 75.4 cm³/mol. The van der Waals surface area contributed by atoms with Crippen LogP contribution in [0.25, 0.3) is 0 Å². The van der Waals surface area contributed by atoms with E-state index < -0.39 is 0 Å². The first-order chi connectivity index (χ1) is 9.28. The van der Waals surface area contributed by atoms with Crippen LogP contribution in [-0.2, 0) is 6.54 Å². The van der Waals surface area contributed by atoms with Gasteiger partial charge >= 0.3 is 0 Å². The first-order valence-corrected chi connectivity index (χ1v) is 6.50. The number of rotatable bonds is 2. The second-order valence-corrected chi connectivity index (χ2v) is 5.04. The normalized spacial score (nSPS) is 24.5. The topological polar surface area (TPSA) is 39.4 Å². The lowest BCUT2D eigenvalue weighted by Gasteiger charge is -2.25. The number of nitriles is 1. The van der Waals surface area contributed by atoms with Gasteiger partial charge in [0.15, 0.2) is 0 Å². The number of allylic oxidation sites excluding steroid dienone is 2. The molecule has 0 saturated carbocycles. The van der Waals surface area contributed by atoms with Crippen LogP contribution in [0.3, 0.4) is 0 Å². The molecule has 1 aromatic rings. The zero-order valence-corrected chi connectivity index (χ0v) is 11.0. The largest absolute Gasteiger partial charge is 0.284 e. The predicted octanol–water partition coefficient (Wildman–Crippen LogP) is 3.06. The minimum atomic E-state index is -0.0220. The van der Waals surface area contributed by atoms with Crippen molar-refractivity contribution in [1.82, 2.24) is 5.01 Å². The summed E-state index contributed by atoms with van der Waals surface area (Å²) in [4.78, 5) is 0. The van der Waals surface area contributed by atoms with E-state index in [4.69, 9.17) is 11.6 Å². The quantitative estimate of drug-likeness (QED) is 0.828. The molecule has 94 valence electrons. The van der Waals surface area contributed by atoms with Crippen LogP contribution in [0.5, 0.6) is 0 Å². The molecular weight excluding hydrogens is 258 g/mol. The third-order valence-electron chi connectivity index (χ3n) is 3.36. The first-order valence-electron chi connectivity index (χ1n) is 6.12. The molecule has 1 aliphatic heterocycles. The van der Waals surface area contributed by atoms with E-state index in [0.717, 1.165) is 0 Å². The highest BCUT2D eigenvalue weighted by Gasteiger charge is 2.36. The molecule has 4 heteroatoms. The average molecular weight is 270 g/mol. The summed E-state index contributed by atoms with van der Waals surface area (Å²) in [5.74, 6) is -0.0220. The molecule has 1 aliphatic carbocycles. The van der Waals surface area contributed by atoms with E-state index in [0.29, 0.717) is 17.3 Å². The zero-order chi connectivity index (χ0) is 13.2. The second-order valence-electron chi connectivity index (χ2n) is 4.61. The van der Waals surface area contributed by atoms with Crippen molar-refractivity contribution in [2.75, 3.05) is 0 Å². The SMILES string of the molecule is N#CC1=NN(Cc2ccccc2)C2C=CC(Cl)=CC12. The Hall–Kier alpha value is -2.05. The van der Waals surface area contributed by atoms with Crippen molar-refractivity contribution >= 4 is 17.3 Å². The third-order valence-corrected chi connectivity index (χ3v) is 3.61. The van der Waals surface area contributed by atoms with Crippen LogP contribution in [0, 0.1) is 17.2 Å². The molecule has 2 atom stereocenters. The summed E-state index contributed by atoms with van der Waals surface area (Å²) < 4.78 is 0. The Morgan fingerprint density at radius 3 is 2.84 bits per heavy atom. The standard InChI is InChI=1S/C15H12ClN3/c16-12-6-7-15-13(8-12)14(9-17)18-19(15)10-11-4-2-1-3-5-11/h1-8,13,15H,10H2. The lowest BCUT2D eigenvalue weighted by molar-refractivity contribution is 0.240. The minimum absolute atomic E-state index is 0.0220. The van der Waals surface area contributed by atoms with Gasteiger partial charge in [-0.1, -0.05) is 54.1 Å². The van der Waals surface area contributed by atoms with Crippen LogP contribution in [0.2, 0.25) is 0 Å². The summed E-state index contributed by atoms with van der Waals surface area (Å²) in [6.07, 6.45) is 5.79. The number of halogens is 1. The van der Waals surface area contributed by atoms with Crippen LogP contribution in [0.4, 0.5) is 0 Å². The molecule has 0 fully saturated rings. The van der Waals surface area contributed by atoms with Crippen molar-refractivity contribution in [3.05, 3.63) is 59.2 Å². The highest BCUT2D eigenvalue weighted by molar-refractivity contribution is 6.31. The lowest BCUT2D eigenvalue weighted by Crippen LogP contribution is -2.31. The summed E-state index contributed by atoms with van der Waals surface area (Å²) in [6, 6.07) is 12.4. The Kier molecular flexibility index (Phi) is 3.10. The van der Waals surface area contributed by atoms with Gasteiger partial charge < -0.3 is 0 Å². The van der Waals surface area contributed by atoms with Crippen LogP contribution >= 0.6 is 11.6 Å². The van der Waals surface area contributed by atoms with Crippen molar-refractivity contribution in [2.45, 2.75) is 12.6 Å². The molecular formula is C15H12ClN3. The molecule has 0 radical (unpaired) electrons. The number of benzene rings is 1. The van der Waals surface area contributed by atoms with Crippen LogP contribution in [-0.4, -0.2) is 16.8 Å². The number of nitrogens with zero attached hydrogens (tertiary/aromatic N) is 3. The smallest absolute Gasteiger partial charge is 0.147 e. The number of hydrogen-bond donors (Lipinski definition) is 0. The van der Waals surface area contributed by atoms with Gasteiger partial charge in [0.05, 0.1) is 18.5 Å². The Labute approximate surface area is 117 Å². The van der Waals surface area contributed by atoms with E-state index in [1.54, 1.807) is 0 Å². The molecule has 0 bridgehead atoms. The monoisotopic (exact) mass is 269 g/mol. The van der Waals surface area contributed by atoms with Gasteiger partial charge in [-0.2, -0.15) is 10.4 Å². The zero-order valence-electron chi connectivity index (χ0n) is 10.2. The van der Waals surface area contributed by atoms with Gasteiger partial charge in [0.2, 0.25) is 0 Å². The Balaban J connectivity index is 1.86. The summed E-state index contributed by atoms with van der Waals surface area (Å²) in [5.41, 5.74) is 1.71. The first kappa shape index (κ1) is 12.0. The molecule has 3 rings (SSSR count). The van der Waals surface area contributed by atoms with E-state index in [2.05, 4.69) is 23.3 Å². The molecule has 0 aromatic heterocycles. The molecule has 1 aromatic carbocycles.